The predicted octanol–water partition coefficient (Wildman–Crippen LogP) is 2.11. The number of fused-ring (bicyclic) bond motifs is 1. The largest absolute Gasteiger partial charge is 0.365 e. The van der Waals surface area contributed by atoms with Crippen molar-refractivity contribution in [1.29, 1.82) is 0 Å². The Morgan fingerprint density at radius 1 is 1.42 bits per heavy atom. The summed E-state index contributed by atoms with van der Waals surface area (Å²) in [4.78, 5) is 24.0. The molecule has 1 aliphatic rings. The van der Waals surface area contributed by atoms with Gasteiger partial charge in [0.15, 0.2) is 5.16 Å². The predicted molar refractivity (Wildman–Crippen MR) is 79.2 cm³/mol. The van der Waals surface area contributed by atoms with Gasteiger partial charge in [0.2, 0.25) is 0 Å². The molecule has 0 atom stereocenters. The van der Waals surface area contributed by atoms with Gasteiger partial charge in [0, 0.05) is 13.1 Å². The summed E-state index contributed by atoms with van der Waals surface area (Å²) in [6.45, 7) is 2.03. The lowest BCUT2D eigenvalue weighted by Crippen LogP contribution is -2.19. The van der Waals surface area contributed by atoms with E-state index >= 15 is 0 Å². The van der Waals surface area contributed by atoms with E-state index in [1.54, 1.807) is 0 Å². The lowest BCUT2D eigenvalue weighted by molar-refractivity contribution is 0.100. The molecule has 3 heterocycles. The molecule has 0 aromatic carbocycles. The molecule has 100 valence electrons. The Labute approximate surface area is 119 Å². The Bertz CT molecular complexity index is 634. The summed E-state index contributed by atoms with van der Waals surface area (Å²) in [7, 11) is 0. The number of nitrogens with zero attached hydrogens (tertiary/aromatic N) is 3. The summed E-state index contributed by atoms with van der Waals surface area (Å²) in [6, 6.07) is 1.82. The average molecular weight is 294 g/mol. The minimum atomic E-state index is -0.402. The van der Waals surface area contributed by atoms with Gasteiger partial charge in [0.1, 0.15) is 10.6 Å². The summed E-state index contributed by atoms with van der Waals surface area (Å²) in [5.41, 5.74) is 5.36. The topological polar surface area (TPSA) is 72.1 Å². The molecule has 1 amide bonds. The molecule has 1 fully saturated rings. The van der Waals surface area contributed by atoms with Crippen LogP contribution in [-0.4, -0.2) is 35.2 Å². The van der Waals surface area contributed by atoms with Gasteiger partial charge in [-0.05, 0) is 25.2 Å². The number of hydrogen-bond donors (Lipinski definition) is 1. The van der Waals surface area contributed by atoms with Crippen LogP contribution in [0.3, 0.4) is 0 Å². The minimum Gasteiger partial charge on any atom is -0.365 e. The zero-order valence-electron chi connectivity index (χ0n) is 10.5. The minimum absolute atomic E-state index is 0.402. The molecule has 1 aliphatic heterocycles. The molecule has 0 unspecified atom stereocenters. The molecule has 2 aromatic heterocycles. The van der Waals surface area contributed by atoms with Crippen LogP contribution in [0.2, 0.25) is 0 Å². The van der Waals surface area contributed by atoms with Crippen LogP contribution in [-0.2, 0) is 0 Å². The number of aromatic nitrogens is 2. The monoisotopic (exact) mass is 294 g/mol. The lowest BCUT2D eigenvalue weighted by atomic mass is 10.3. The first-order chi connectivity index (χ1) is 9.19. The van der Waals surface area contributed by atoms with Crippen LogP contribution in [0.15, 0.2) is 11.2 Å². The van der Waals surface area contributed by atoms with Gasteiger partial charge in [-0.15, -0.1) is 11.3 Å². The van der Waals surface area contributed by atoms with E-state index in [9.17, 15) is 4.79 Å². The average Bonchev–Trinajstić information content (AvgIpc) is 3.06. The van der Waals surface area contributed by atoms with Crippen molar-refractivity contribution in [3.05, 3.63) is 10.9 Å². The maximum atomic E-state index is 11.3. The molecular formula is C12H14N4OS2. The summed E-state index contributed by atoms with van der Waals surface area (Å²) >= 11 is 2.86. The summed E-state index contributed by atoms with van der Waals surface area (Å²) in [5.74, 6) is 0.539. The molecule has 0 bridgehead atoms. The van der Waals surface area contributed by atoms with Gasteiger partial charge in [-0.3, -0.25) is 4.79 Å². The SMILES string of the molecule is CSc1nc(N2CCCC2)c2cc(C(N)=O)sc2n1. The van der Waals surface area contributed by atoms with Gasteiger partial charge in [-0.1, -0.05) is 11.8 Å². The maximum Gasteiger partial charge on any atom is 0.258 e. The van der Waals surface area contributed by atoms with Crippen LogP contribution in [0.1, 0.15) is 22.5 Å². The number of carbonyl (C=O) groups is 1. The maximum absolute atomic E-state index is 11.3. The van der Waals surface area contributed by atoms with E-state index in [-0.39, 0.29) is 0 Å². The Morgan fingerprint density at radius 3 is 2.79 bits per heavy atom. The van der Waals surface area contributed by atoms with Crippen LogP contribution in [0, 0.1) is 0 Å². The van der Waals surface area contributed by atoms with Crippen molar-refractivity contribution in [2.75, 3.05) is 24.2 Å². The molecule has 0 saturated carbocycles. The molecule has 0 aliphatic carbocycles. The van der Waals surface area contributed by atoms with Crippen LogP contribution < -0.4 is 10.6 Å². The van der Waals surface area contributed by atoms with Crippen molar-refractivity contribution in [2.45, 2.75) is 18.0 Å². The molecule has 2 aromatic rings. The number of amides is 1. The van der Waals surface area contributed by atoms with Gasteiger partial charge in [-0.25, -0.2) is 9.97 Å². The third kappa shape index (κ3) is 2.28. The normalized spacial score (nSPS) is 15.3. The van der Waals surface area contributed by atoms with E-state index in [0.29, 0.717) is 4.88 Å². The molecule has 3 rings (SSSR count). The number of nitrogens with two attached hydrogens (primary N) is 1. The highest BCUT2D eigenvalue weighted by Gasteiger charge is 2.20. The quantitative estimate of drug-likeness (QED) is 0.693. The smallest absolute Gasteiger partial charge is 0.258 e. The van der Waals surface area contributed by atoms with E-state index in [1.165, 1.54) is 35.9 Å². The number of thioether (sulfide) groups is 1. The lowest BCUT2D eigenvalue weighted by Gasteiger charge is -2.17. The second-order valence-corrected chi connectivity index (χ2v) is 6.23. The number of thiophene rings is 1. The van der Waals surface area contributed by atoms with E-state index in [4.69, 9.17) is 5.73 Å². The van der Waals surface area contributed by atoms with E-state index in [1.807, 2.05) is 12.3 Å². The molecule has 19 heavy (non-hydrogen) atoms. The number of hydrogen-bond acceptors (Lipinski definition) is 6. The first-order valence-corrected chi connectivity index (χ1v) is 8.13. The molecule has 1 saturated heterocycles. The number of anilines is 1. The van der Waals surface area contributed by atoms with Crippen LogP contribution in [0.4, 0.5) is 5.82 Å². The molecule has 0 spiro atoms. The molecule has 0 radical (unpaired) electrons. The Hall–Kier alpha value is -1.34. The Balaban J connectivity index is 2.18. The fourth-order valence-electron chi connectivity index (χ4n) is 2.27. The van der Waals surface area contributed by atoms with Crippen LogP contribution in [0.5, 0.6) is 0 Å². The van der Waals surface area contributed by atoms with Crippen molar-refractivity contribution in [2.24, 2.45) is 5.73 Å². The van der Waals surface area contributed by atoms with Crippen LogP contribution in [0.25, 0.3) is 10.2 Å². The molecule has 7 heteroatoms. The van der Waals surface area contributed by atoms with E-state index in [0.717, 1.165) is 34.3 Å². The zero-order chi connectivity index (χ0) is 13.4. The van der Waals surface area contributed by atoms with E-state index < -0.39 is 5.91 Å². The standard InChI is InChI=1S/C12H14N4OS2/c1-18-12-14-10(16-4-2-3-5-16)7-6-8(9(13)17)19-11(7)15-12/h6H,2-5H2,1H3,(H2,13,17). The Kier molecular flexibility index (Phi) is 3.32. The first-order valence-electron chi connectivity index (χ1n) is 6.09. The highest BCUT2D eigenvalue weighted by atomic mass is 32.2. The second kappa shape index (κ2) is 4.97. The van der Waals surface area contributed by atoms with Crippen molar-refractivity contribution in [3.63, 3.8) is 0 Å². The van der Waals surface area contributed by atoms with Gasteiger partial charge in [0.25, 0.3) is 5.91 Å². The summed E-state index contributed by atoms with van der Waals surface area (Å²) in [6.07, 6.45) is 4.33. The third-order valence-corrected chi connectivity index (χ3v) is 4.77. The zero-order valence-corrected chi connectivity index (χ0v) is 12.2. The van der Waals surface area contributed by atoms with Gasteiger partial charge in [-0.2, -0.15) is 0 Å². The highest BCUT2D eigenvalue weighted by molar-refractivity contribution is 7.98. The van der Waals surface area contributed by atoms with Gasteiger partial charge in [0.05, 0.1) is 10.3 Å². The molecular weight excluding hydrogens is 280 g/mol. The van der Waals surface area contributed by atoms with Crippen molar-refractivity contribution in [3.8, 4) is 0 Å². The summed E-state index contributed by atoms with van der Waals surface area (Å²) in [5, 5.41) is 1.69. The summed E-state index contributed by atoms with van der Waals surface area (Å²) < 4.78 is 0. The van der Waals surface area contributed by atoms with Crippen molar-refractivity contribution in [1.82, 2.24) is 9.97 Å². The fourth-order valence-corrected chi connectivity index (χ4v) is 3.57. The third-order valence-electron chi connectivity index (χ3n) is 3.18. The number of carbonyl (C=O) groups excluding carboxylic acids is 1. The molecule has 5 nitrogen and oxygen atoms in total. The van der Waals surface area contributed by atoms with Gasteiger partial charge < -0.3 is 10.6 Å². The fraction of sp³-hybridized carbons (Fsp3) is 0.417. The Morgan fingerprint density at radius 2 is 2.16 bits per heavy atom. The van der Waals surface area contributed by atoms with Crippen molar-refractivity contribution >= 4 is 45.0 Å². The van der Waals surface area contributed by atoms with E-state index in [2.05, 4.69) is 14.9 Å². The van der Waals surface area contributed by atoms with Gasteiger partial charge >= 0.3 is 0 Å². The highest BCUT2D eigenvalue weighted by Crippen LogP contribution is 2.33. The second-order valence-electron chi connectivity index (χ2n) is 4.42. The number of rotatable bonds is 3. The molecule has 2 N–H and O–H groups in total. The first kappa shape index (κ1) is 12.7. The van der Waals surface area contributed by atoms with Crippen LogP contribution >= 0.6 is 23.1 Å². The number of primary amides is 1. The van der Waals surface area contributed by atoms with Crippen molar-refractivity contribution < 1.29 is 4.79 Å².